The molecule has 1 saturated heterocycles. The van der Waals surface area contributed by atoms with Gasteiger partial charge in [0.25, 0.3) is 0 Å². The number of rotatable bonds is 8. The summed E-state index contributed by atoms with van der Waals surface area (Å²) in [5.41, 5.74) is 1.18. The number of halogens is 2. The number of carbonyl (C=O) groups excluding carboxylic acids is 1. The fourth-order valence-corrected chi connectivity index (χ4v) is 2.71. The fourth-order valence-electron chi connectivity index (χ4n) is 2.71. The molecular weight excluding hydrogens is 365 g/mol. The molecule has 1 aromatic carbocycles. The van der Waals surface area contributed by atoms with Crippen molar-refractivity contribution >= 4 is 30.7 Å². The van der Waals surface area contributed by atoms with Gasteiger partial charge in [-0.2, -0.15) is 0 Å². The van der Waals surface area contributed by atoms with Gasteiger partial charge in [0.2, 0.25) is 5.91 Å². The minimum Gasteiger partial charge on any atom is -0.497 e. The van der Waals surface area contributed by atoms with Crippen molar-refractivity contribution in [2.45, 2.75) is 12.5 Å². The van der Waals surface area contributed by atoms with E-state index in [-0.39, 0.29) is 36.8 Å². The third-order valence-corrected chi connectivity index (χ3v) is 4.08. The number of ether oxygens (including phenoxy) is 2. The van der Waals surface area contributed by atoms with Gasteiger partial charge in [0, 0.05) is 32.6 Å². The maximum absolute atomic E-state index is 11.9. The highest BCUT2D eigenvalue weighted by atomic mass is 35.5. The van der Waals surface area contributed by atoms with Crippen molar-refractivity contribution in [3.05, 3.63) is 29.8 Å². The molecule has 1 aliphatic heterocycles. The van der Waals surface area contributed by atoms with Crippen molar-refractivity contribution in [1.29, 1.82) is 0 Å². The average Bonchev–Trinajstić information content (AvgIpc) is 2.61. The highest BCUT2D eigenvalue weighted by Crippen LogP contribution is 2.23. The molecule has 1 heterocycles. The van der Waals surface area contributed by atoms with Crippen LogP contribution >= 0.6 is 24.8 Å². The molecule has 2 rings (SSSR count). The Morgan fingerprint density at radius 3 is 2.44 bits per heavy atom. The summed E-state index contributed by atoms with van der Waals surface area (Å²) in [5, 5.41) is 6.04. The first-order valence-corrected chi connectivity index (χ1v) is 8.11. The van der Waals surface area contributed by atoms with Gasteiger partial charge in [0.05, 0.1) is 26.4 Å². The van der Waals surface area contributed by atoms with Crippen LogP contribution < -0.4 is 15.4 Å². The Kier molecular flexibility index (Phi) is 12.6. The maximum Gasteiger partial charge on any atom is 0.221 e. The van der Waals surface area contributed by atoms with Gasteiger partial charge in [-0.3, -0.25) is 9.69 Å². The lowest BCUT2D eigenvalue weighted by molar-refractivity contribution is -0.121. The predicted octanol–water partition coefficient (Wildman–Crippen LogP) is 1.64. The van der Waals surface area contributed by atoms with Crippen LogP contribution in [0, 0.1) is 0 Å². The number of amides is 1. The smallest absolute Gasteiger partial charge is 0.221 e. The molecule has 1 aromatic rings. The van der Waals surface area contributed by atoms with Gasteiger partial charge in [0.15, 0.2) is 0 Å². The van der Waals surface area contributed by atoms with E-state index in [9.17, 15) is 4.79 Å². The summed E-state index contributed by atoms with van der Waals surface area (Å²) >= 11 is 0. The fraction of sp³-hybridized carbons (Fsp3) is 0.588. The number of nitrogens with zero attached hydrogens (tertiary/aromatic N) is 1. The summed E-state index contributed by atoms with van der Waals surface area (Å²) < 4.78 is 10.7. The van der Waals surface area contributed by atoms with Crippen LogP contribution in [-0.2, 0) is 9.53 Å². The molecule has 144 valence electrons. The zero-order valence-corrected chi connectivity index (χ0v) is 16.5. The van der Waals surface area contributed by atoms with Crippen LogP contribution in [0.1, 0.15) is 18.0 Å². The highest BCUT2D eigenvalue weighted by molar-refractivity contribution is 5.85. The van der Waals surface area contributed by atoms with Crippen molar-refractivity contribution in [2.75, 3.05) is 53.6 Å². The highest BCUT2D eigenvalue weighted by Gasteiger charge is 2.23. The van der Waals surface area contributed by atoms with E-state index >= 15 is 0 Å². The number of hydrogen-bond donors (Lipinski definition) is 2. The van der Waals surface area contributed by atoms with Crippen LogP contribution in [0.2, 0.25) is 0 Å². The van der Waals surface area contributed by atoms with Crippen LogP contribution in [0.3, 0.4) is 0 Å². The van der Waals surface area contributed by atoms with E-state index in [0.717, 1.165) is 32.1 Å². The van der Waals surface area contributed by atoms with Gasteiger partial charge < -0.3 is 20.1 Å². The SMILES string of the molecule is CNCCC(=O)NCC(c1ccc(OC)cc1)N1CCOCC1.Cl.Cl. The van der Waals surface area contributed by atoms with Crippen LogP contribution in [-0.4, -0.2) is 64.4 Å². The monoisotopic (exact) mass is 393 g/mol. The van der Waals surface area contributed by atoms with Crippen molar-refractivity contribution in [3.8, 4) is 5.75 Å². The topological polar surface area (TPSA) is 62.8 Å². The molecule has 25 heavy (non-hydrogen) atoms. The van der Waals surface area contributed by atoms with Crippen molar-refractivity contribution in [3.63, 3.8) is 0 Å². The quantitative estimate of drug-likeness (QED) is 0.702. The Morgan fingerprint density at radius 1 is 1.24 bits per heavy atom. The van der Waals surface area contributed by atoms with Crippen LogP contribution in [0.15, 0.2) is 24.3 Å². The maximum atomic E-state index is 11.9. The van der Waals surface area contributed by atoms with Gasteiger partial charge in [-0.25, -0.2) is 0 Å². The Labute approximate surface area is 162 Å². The third kappa shape index (κ3) is 7.79. The Bertz CT molecular complexity index is 483. The van der Waals surface area contributed by atoms with E-state index in [2.05, 4.69) is 27.7 Å². The van der Waals surface area contributed by atoms with Gasteiger partial charge in [-0.1, -0.05) is 12.1 Å². The lowest BCUT2D eigenvalue weighted by Gasteiger charge is -2.35. The molecule has 1 amide bonds. The lowest BCUT2D eigenvalue weighted by atomic mass is 10.0. The Morgan fingerprint density at radius 2 is 1.88 bits per heavy atom. The van der Waals surface area contributed by atoms with Crippen molar-refractivity contribution in [2.24, 2.45) is 0 Å². The summed E-state index contributed by atoms with van der Waals surface area (Å²) in [6.45, 7) is 4.53. The minimum atomic E-state index is 0. The molecule has 1 unspecified atom stereocenters. The molecule has 1 fully saturated rings. The minimum absolute atomic E-state index is 0. The van der Waals surface area contributed by atoms with E-state index in [0.29, 0.717) is 19.5 Å². The van der Waals surface area contributed by atoms with E-state index in [4.69, 9.17) is 9.47 Å². The number of nitrogens with one attached hydrogen (secondary N) is 2. The van der Waals surface area contributed by atoms with Gasteiger partial charge in [-0.15, -0.1) is 24.8 Å². The predicted molar refractivity (Wildman–Crippen MR) is 104 cm³/mol. The first-order chi connectivity index (χ1) is 11.2. The van der Waals surface area contributed by atoms with Gasteiger partial charge >= 0.3 is 0 Å². The number of benzene rings is 1. The van der Waals surface area contributed by atoms with Gasteiger partial charge in [0.1, 0.15) is 5.75 Å². The Hall–Kier alpha value is -1.05. The molecule has 0 bridgehead atoms. The summed E-state index contributed by atoms with van der Waals surface area (Å²) in [5.74, 6) is 0.915. The van der Waals surface area contributed by atoms with E-state index in [1.165, 1.54) is 5.56 Å². The zero-order valence-electron chi connectivity index (χ0n) is 14.8. The second-order valence-corrected chi connectivity index (χ2v) is 5.59. The van der Waals surface area contributed by atoms with Crippen LogP contribution in [0.25, 0.3) is 0 Å². The molecule has 0 aromatic heterocycles. The van der Waals surface area contributed by atoms with Crippen molar-refractivity contribution < 1.29 is 14.3 Å². The molecule has 2 N–H and O–H groups in total. The second-order valence-electron chi connectivity index (χ2n) is 5.59. The number of hydrogen-bond acceptors (Lipinski definition) is 5. The third-order valence-electron chi connectivity index (χ3n) is 4.08. The molecule has 0 aliphatic carbocycles. The first-order valence-electron chi connectivity index (χ1n) is 8.11. The van der Waals surface area contributed by atoms with Crippen LogP contribution in [0.4, 0.5) is 0 Å². The molecule has 0 radical (unpaired) electrons. The largest absolute Gasteiger partial charge is 0.497 e. The number of methoxy groups -OCH3 is 1. The normalized spacial score (nSPS) is 15.4. The van der Waals surface area contributed by atoms with Crippen molar-refractivity contribution in [1.82, 2.24) is 15.5 Å². The zero-order chi connectivity index (χ0) is 16.5. The molecule has 1 aliphatic rings. The molecule has 0 saturated carbocycles. The standard InChI is InChI=1S/C17H27N3O3.2ClH/c1-18-8-7-17(21)19-13-16(20-9-11-23-12-10-20)14-3-5-15(22-2)6-4-14;;/h3-6,16,18H,7-13H2,1-2H3,(H,19,21);2*1H. The number of carbonyl (C=O) groups is 1. The molecule has 6 nitrogen and oxygen atoms in total. The lowest BCUT2D eigenvalue weighted by Crippen LogP contribution is -2.44. The number of morpholine rings is 1. The summed E-state index contributed by atoms with van der Waals surface area (Å²) in [7, 11) is 3.51. The molecular formula is C17H29Cl2N3O3. The average molecular weight is 394 g/mol. The first kappa shape index (κ1) is 23.9. The van der Waals surface area contributed by atoms with E-state index in [1.54, 1.807) is 7.11 Å². The summed E-state index contributed by atoms with van der Waals surface area (Å²) in [6.07, 6.45) is 0.495. The van der Waals surface area contributed by atoms with E-state index in [1.807, 2.05) is 19.2 Å². The molecule has 0 spiro atoms. The second kappa shape index (κ2) is 13.2. The molecule has 1 atom stereocenters. The van der Waals surface area contributed by atoms with E-state index < -0.39 is 0 Å². The molecule has 8 heteroatoms. The van der Waals surface area contributed by atoms with Gasteiger partial charge in [-0.05, 0) is 24.7 Å². The Balaban J connectivity index is 0.00000288. The summed E-state index contributed by atoms with van der Waals surface area (Å²) in [4.78, 5) is 14.3. The van der Waals surface area contributed by atoms with Crippen LogP contribution in [0.5, 0.6) is 5.75 Å². The summed E-state index contributed by atoms with van der Waals surface area (Å²) in [6, 6.07) is 8.22.